The first-order chi connectivity index (χ1) is 15.6. The third-order valence-corrected chi connectivity index (χ3v) is 5.38. The summed E-state index contributed by atoms with van der Waals surface area (Å²) in [6.07, 6.45) is 0. The molecule has 0 unspecified atom stereocenters. The molecule has 10 heteroatoms. The van der Waals surface area contributed by atoms with E-state index in [9.17, 15) is 9.59 Å². The molecule has 0 spiro atoms. The molecule has 4 rings (SSSR count). The molecular formula is C22H17N5O4S. The molecule has 0 saturated heterocycles. The molecule has 0 saturated carbocycles. The Kier molecular flexibility index (Phi) is 6.42. The fraction of sp³-hybridized carbons (Fsp3) is 0.0455. The summed E-state index contributed by atoms with van der Waals surface area (Å²) in [7, 11) is 0. The van der Waals surface area contributed by atoms with Gasteiger partial charge in [-0.25, -0.2) is 9.89 Å². The number of nitrogens with one attached hydrogen (secondary N) is 2. The zero-order valence-corrected chi connectivity index (χ0v) is 17.4. The number of hydrogen-bond donors (Lipinski definition) is 3. The quantitative estimate of drug-likeness (QED) is 0.372. The van der Waals surface area contributed by atoms with E-state index in [1.807, 2.05) is 48.5 Å². The van der Waals surface area contributed by atoms with Crippen LogP contribution in [0.4, 0.5) is 5.69 Å². The normalized spacial score (nSPS) is 10.5. The van der Waals surface area contributed by atoms with Crippen molar-refractivity contribution in [2.75, 3.05) is 11.9 Å². The number of aromatic nitrogens is 4. The fourth-order valence-electron chi connectivity index (χ4n) is 2.81. The van der Waals surface area contributed by atoms with E-state index < -0.39 is 12.6 Å². The average Bonchev–Trinajstić information content (AvgIpc) is 3.35. The highest BCUT2D eigenvalue weighted by Gasteiger charge is 2.12. The molecule has 1 amide bonds. The summed E-state index contributed by atoms with van der Waals surface area (Å²) in [6, 6.07) is 21.6. The molecule has 0 aliphatic rings. The second-order valence-electron chi connectivity index (χ2n) is 6.54. The van der Waals surface area contributed by atoms with E-state index in [0.717, 1.165) is 15.4 Å². The maximum Gasteiger partial charge on any atom is 0.341 e. The number of nitrogens with zero attached hydrogens (tertiary/aromatic N) is 3. The van der Waals surface area contributed by atoms with E-state index in [-0.39, 0.29) is 5.91 Å². The van der Waals surface area contributed by atoms with Gasteiger partial charge < -0.3 is 15.2 Å². The maximum absolute atomic E-state index is 12.8. The zero-order valence-electron chi connectivity index (χ0n) is 16.6. The number of carboxylic acids is 1. The summed E-state index contributed by atoms with van der Waals surface area (Å²) in [6.45, 7) is -0.476. The van der Waals surface area contributed by atoms with Gasteiger partial charge in [0.2, 0.25) is 0 Å². The van der Waals surface area contributed by atoms with Crippen LogP contribution in [0.25, 0.3) is 11.4 Å². The smallest absolute Gasteiger partial charge is 0.341 e. The number of hydrogen-bond acceptors (Lipinski definition) is 7. The van der Waals surface area contributed by atoms with Gasteiger partial charge in [-0.1, -0.05) is 42.1 Å². The van der Waals surface area contributed by atoms with Gasteiger partial charge in [-0.3, -0.25) is 4.79 Å². The fourth-order valence-corrected chi connectivity index (χ4v) is 3.72. The number of aromatic amines is 1. The molecule has 0 aliphatic carbocycles. The number of aliphatic carboxylic acids is 1. The Balaban J connectivity index is 1.47. The molecule has 0 bridgehead atoms. The molecule has 0 aliphatic heterocycles. The van der Waals surface area contributed by atoms with Crippen LogP contribution < -0.4 is 10.1 Å². The van der Waals surface area contributed by atoms with Gasteiger partial charge in [-0.2, -0.15) is 0 Å². The second-order valence-corrected chi connectivity index (χ2v) is 7.65. The Hall–Kier alpha value is -4.18. The number of para-hydroxylation sites is 1. The van der Waals surface area contributed by atoms with Crippen LogP contribution in [0.15, 0.2) is 82.6 Å². The molecule has 3 N–H and O–H groups in total. The average molecular weight is 447 g/mol. The molecule has 0 fully saturated rings. The molecule has 3 aromatic carbocycles. The molecule has 160 valence electrons. The molecule has 0 atom stereocenters. The van der Waals surface area contributed by atoms with E-state index in [2.05, 4.69) is 25.9 Å². The number of carbonyl (C=O) groups is 2. The number of rotatable bonds is 8. The lowest BCUT2D eigenvalue weighted by Gasteiger charge is -2.12. The lowest BCUT2D eigenvalue weighted by atomic mass is 10.2. The predicted molar refractivity (Wildman–Crippen MR) is 118 cm³/mol. The lowest BCUT2D eigenvalue weighted by Crippen LogP contribution is -2.13. The van der Waals surface area contributed by atoms with E-state index in [1.54, 1.807) is 18.2 Å². The Morgan fingerprint density at radius 3 is 2.59 bits per heavy atom. The van der Waals surface area contributed by atoms with Crippen molar-refractivity contribution in [1.82, 2.24) is 20.6 Å². The monoisotopic (exact) mass is 447 g/mol. The van der Waals surface area contributed by atoms with E-state index >= 15 is 0 Å². The van der Waals surface area contributed by atoms with Gasteiger partial charge in [-0.05, 0) is 52.9 Å². The SMILES string of the molecule is O=C(O)COc1cccc(C(=O)Nc2ccccc2Sc2ccc(-c3nnn[nH]3)cc2)c1. The highest BCUT2D eigenvalue weighted by Crippen LogP contribution is 2.34. The minimum absolute atomic E-state index is 0.310. The van der Waals surface area contributed by atoms with Crippen molar-refractivity contribution < 1.29 is 19.4 Å². The summed E-state index contributed by atoms with van der Waals surface area (Å²) < 4.78 is 5.15. The molecular weight excluding hydrogens is 430 g/mol. The van der Waals surface area contributed by atoms with Gasteiger partial charge in [0.25, 0.3) is 5.91 Å². The van der Waals surface area contributed by atoms with Crippen molar-refractivity contribution in [3.8, 4) is 17.1 Å². The molecule has 0 radical (unpaired) electrons. The van der Waals surface area contributed by atoms with Gasteiger partial charge in [-0.15, -0.1) is 5.10 Å². The minimum Gasteiger partial charge on any atom is -0.482 e. The van der Waals surface area contributed by atoms with Crippen LogP contribution in [0.5, 0.6) is 5.75 Å². The van der Waals surface area contributed by atoms with Crippen LogP contribution >= 0.6 is 11.8 Å². The van der Waals surface area contributed by atoms with Crippen LogP contribution in [0.1, 0.15) is 10.4 Å². The first kappa shape index (κ1) is 21.1. The number of H-pyrrole nitrogens is 1. The zero-order chi connectivity index (χ0) is 22.3. The van der Waals surface area contributed by atoms with Gasteiger partial charge in [0, 0.05) is 20.9 Å². The molecule has 4 aromatic rings. The van der Waals surface area contributed by atoms with Crippen molar-refractivity contribution in [3.05, 3.63) is 78.4 Å². The summed E-state index contributed by atoms with van der Waals surface area (Å²) >= 11 is 1.51. The number of carboxylic acid groups (broad SMARTS) is 1. The first-order valence-corrected chi connectivity index (χ1v) is 10.3. The van der Waals surface area contributed by atoms with Crippen LogP contribution in [-0.4, -0.2) is 44.2 Å². The van der Waals surface area contributed by atoms with Crippen molar-refractivity contribution in [2.24, 2.45) is 0 Å². The van der Waals surface area contributed by atoms with Crippen LogP contribution in [0.3, 0.4) is 0 Å². The number of anilines is 1. The highest BCUT2D eigenvalue weighted by atomic mass is 32.2. The van der Waals surface area contributed by atoms with Crippen LogP contribution in [0, 0.1) is 0 Å². The Bertz CT molecular complexity index is 1230. The van der Waals surface area contributed by atoms with Crippen molar-refractivity contribution >= 4 is 29.3 Å². The predicted octanol–water partition coefficient (Wildman–Crippen LogP) is 3.73. The highest BCUT2D eigenvalue weighted by molar-refractivity contribution is 7.99. The summed E-state index contributed by atoms with van der Waals surface area (Å²) in [5.74, 6) is -0.517. The molecule has 32 heavy (non-hydrogen) atoms. The summed E-state index contributed by atoms with van der Waals surface area (Å²) in [4.78, 5) is 25.3. The Morgan fingerprint density at radius 1 is 1.03 bits per heavy atom. The first-order valence-electron chi connectivity index (χ1n) is 9.45. The summed E-state index contributed by atoms with van der Waals surface area (Å²) in [5.41, 5.74) is 1.88. The second kappa shape index (κ2) is 9.75. The maximum atomic E-state index is 12.8. The third kappa shape index (κ3) is 5.29. The van der Waals surface area contributed by atoms with Gasteiger partial charge in [0.15, 0.2) is 12.4 Å². The molecule has 9 nitrogen and oxygen atoms in total. The van der Waals surface area contributed by atoms with Crippen molar-refractivity contribution in [3.63, 3.8) is 0 Å². The largest absolute Gasteiger partial charge is 0.482 e. The van der Waals surface area contributed by atoms with Gasteiger partial charge in [0.05, 0.1) is 5.69 Å². The number of ether oxygens (including phenoxy) is 1. The minimum atomic E-state index is -1.09. The molecule has 1 heterocycles. The standard InChI is InChI=1S/C22H17N5O4S/c28-20(29)13-31-16-5-3-4-15(12-16)22(30)23-18-6-1-2-7-19(18)32-17-10-8-14(9-11-17)21-24-26-27-25-21/h1-12H,13H2,(H,23,30)(H,28,29)(H,24,25,26,27). The number of carbonyl (C=O) groups excluding carboxylic acids is 1. The van der Waals surface area contributed by atoms with Crippen LogP contribution in [-0.2, 0) is 4.79 Å². The van der Waals surface area contributed by atoms with Gasteiger partial charge in [0.1, 0.15) is 5.75 Å². The van der Waals surface area contributed by atoms with E-state index in [1.165, 1.54) is 17.8 Å². The Morgan fingerprint density at radius 2 is 1.84 bits per heavy atom. The number of amides is 1. The number of tetrazole rings is 1. The summed E-state index contributed by atoms with van der Waals surface area (Å²) in [5, 5.41) is 25.4. The van der Waals surface area contributed by atoms with Crippen molar-refractivity contribution in [2.45, 2.75) is 9.79 Å². The molecule has 1 aromatic heterocycles. The Labute approximate surface area is 186 Å². The van der Waals surface area contributed by atoms with Crippen molar-refractivity contribution in [1.29, 1.82) is 0 Å². The number of benzene rings is 3. The van der Waals surface area contributed by atoms with Crippen LogP contribution in [0.2, 0.25) is 0 Å². The lowest BCUT2D eigenvalue weighted by molar-refractivity contribution is -0.139. The van der Waals surface area contributed by atoms with E-state index in [0.29, 0.717) is 22.8 Å². The van der Waals surface area contributed by atoms with E-state index in [4.69, 9.17) is 9.84 Å². The topological polar surface area (TPSA) is 130 Å². The third-order valence-electron chi connectivity index (χ3n) is 4.29. The van der Waals surface area contributed by atoms with Gasteiger partial charge >= 0.3 is 5.97 Å².